The standard InChI is InChI=1S/C19H16N2O3S2/c1-11-6-4-9-16(12(11)2)20-18(22)17(26-19(20)25)13(3)14-7-5-8-15(10-14)21(23)24/h4-10H,1-3H3. The minimum Gasteiger partial charge on any atom is -0.268 e. The maximum Gasteiger partial charge on any atom is 0.271 e. The molecule has 7 heteroatoms. The van der Waals surface area contributed by atoms with Crippen LogP contribution < -0.4 is 4.90 Å². The molecule has 1 heterocycles. The van der Waals surface area contributed by atoms with Crippen molar-refractivity contribution in [1.82, 2.24) is 0 Å². The zero-order valence-corrected chi connectivity index (χ0v) is 16.1. The molecule has 2 aromatic rings. The van der Waals surface area contributed by atoms with Crippen molar-refractivity contribution in [1.29, 1.82) is 0 Å². The number of nitro benzene ring substituents is 1. The Morgan fingerprint density at radius 3 is 2.58 bits per heavy atom. The number of allylic oxidation sites excluding steroid dienone is 1. The highest BCUT2D eigenvalue weighted by Gasteiger charge is 2.35. The van der Waals surface area contributed by atoms with Gasteiger partial charge in [-0.15, -0.1) is 0 Å². The first kappa shape index (κ1) is 18.3. The predicted molar refractivity (Wildman–Crippen MR) is 109 cm³/mol. The Kier molecular flexibility index (Phi) is 4.93. The first-order chi connectivity index (χ1) is 12.3. The number of aryl methyl sites for hydroxylation is 1. The molecule has 0 aliphatic carbocycles. The molecule has 1 amide bonds. The number of anilines is 1. The van der Waals surface area contributed by atoms with Gasteiger partial charge in [0.1, 0.15) is 0 Å². The van der Waals surface area contributed by atoms with Gasteiger partial charge in [0.2, 0.25) is 0 Å². The molecule has 1 fully saturated rings. The zero-order valence-electron chi connectivity index (χ0n) is 14.5. The van der Waals surface area contributed by atoms with Gasteiger partial charge in [-0.2, -0.15) is 0 Å². The molecule has 132 valence electrons. The number of rotatable bonds is 3. The van der Waals surface area contributed by atoms with E-state index < -0.39 is 4.92 Å². The lowest BCUT2D eigenvalue weighted by atomic mass is 10.1. The molecular formula is C19H16N2O3S2. The van der Waals surface area contributed by atoms with Crippen LogP contribution in [0.3, 0.4) is 0 Å². The van der Waals surface area contributed by atoms with Crippen molar-refractivity contribution in [2.24, 2.45) is 0 Å². The quantitative estimate of drug-likeness (QED) is 0.322. The molecule has 0 saturated carbocycles. The maximum absolute atomic E-state index is 13.0. The number of thioether (sulfide) groups is 1. The minimum atomic E-state index is -0.446. The molecule has 1 saturated heterocycles. The molecule has 0 aromatic heterocycles. The molecule has 0 N–H and O–H groups in total. The monoisotopic (exact) mass is 384 g/mol. The van der Waals surface area contributed by atoms with Crippen molar-refractivity contribution in [3.8, 4) is 0 Å². The predicted octanol–water partition coefficient (Wildman–Crippen LogP) is 5.01. The van der Waals surface area contributed by atoms with Crippen molar-refractivity contribution in [3.63, 3.8) is 0 Å². The molecule has 0 radical (unpaired) electrons. The van der Waals surface area contributed by atoms with Crippen molar-refractivity contribution in [2.75, 3.05) is 4.90 Å². The Morgan fingerprint density at radius 2 is 1.88 bits per heavy atom. The smallest absolute Gasteiger partial charge is 0.268 e. The van der Waals surface area contributed by atoms with Gasteiger partial charge in [0, 0.05) is 12.1 Å². The van der Waals surface area contributed by atoms with Gasteiger partial charge in [0.25, 0.3) is 11.6 Å². The Bertz CT molecular complexity index is 982. The number of nitro groups is 1. The zero-order chi connectivity index (χ0) is 19.0. The number of amides is 1. The van der Waals surface area contributed by atoms with Crippen molar-refractivity contribution < 1.29 is 9.72 Å². The Morgan fingerprint density at radius 1 is 1.19 bits per heavy atom. The summed E-state index contributed by atoms with van der Waals surface area (Å²) in [4.78, 5) is 25.6. The van der Waals surface area contributed by atoms with Crippen LogP contribution in [0, 0.1) is 24.0 Å². The fourth-order valence-corrected chi connectivity index (χ4v) is 4.10. The summed E-state index contributed by atoms with van der Waals surface area (Å²) in [6, 6.07) is 12.0. The molecule has 0 bridgehead atoms. The van der Waals surface area contributed by atoms with Gasteiger partial charge in [-0.25, -0.2) is 0 Å². The average Bonchev–Trinajstić information content (AvgIpc) is 2.91. The number of benzene rings is 2. The van der Waals surface area contributed by atoms with Crippen LogP contribution in [-0.2, 0) is 4.79 Å². The van der Waals surface area contributed by atoms with Crippen molar-refractivity contribution in [2.45, 2.75) is 20.8 Å². The van der Waals surface area contributed by atoms with E-state index in [1.54, 1.807) is 24.0 Å². The summed E-state index contributed by atoms with van der Waals surface area (Å²) in [5.74, 6) is -0.197. The number of hydrogen-bond acceptors (Lipinski definition) is 5. The number of nitrogens with zero attached hydrogens (tertiary/aromatic N) is 2. The van der Waals surface area contributed by atoms with Crippen molar-refractivity contribution >= 4 is 51.2 Å². The van der Waals surface area contributed by atoms with Gasteiger partial charge in [-0.1, -0.05) is 48.2 Å². The Labute approximate surface area is 160 Å². The Balaban J connectivity index is 2.05. The maximum atomic E-state index is 13.0. The van der Waals surface area contributed by atoms with E-state index in [-0.39, 0.29) is 11.6 Å². The lowest BCUT2D eigenvalue weighted by Gasteiger charge is -2.18. The summed E-state index contributed by atoms with van der Waals surface area (Å²) in [6.45, 7) is 5.73. The van der Waals surface area contributed by atoms with E-state index in [2.05, 4.69) is 0 Å². The van der Waals surface area contributed by atoms with Gasteiger partial charge in [-0.05, 0) is 49.1 Å². The summed E-state index contributed by atoms with van der Waals surface area (Å²) in [5, 5.41) is 11.0. The lowest BCUT2D eigenvalue weighted by molar-refractivity contribution is -0.384. The van der Waals surface area contributed by atoms with E-state index in [1.807, 2.05) is 32.0 Å². The van der Waals surface area contributed by atoms with E-state index in [1.165, 1.54) is 23.9 Å². The number of thiocarbonyl (C=S) groups is 1. The second-order valence-corrected chi connectivity index (χ2v) is 7.63. The molecule has 26 heavy (non-hydrogen) atoms. The SMILES string of the molecule is CC(=C1SC(=S)N(c2cccc(C)c2C)C1=O)c1cccc([N+](=O)[O-])c1. The van der Waals surface area contributed by atoms with Crippen LogP contribution in [0.1, 0.15) is 23.6 Å². The summed E-state index contributed by atoms with van der Waals surface area (Å²) in [6.07, 6.45) is 0. The summed E-state index contributed by atoms with van der Waals surface area (Å²) in [7, 11) is 0. The Hall–Kier alpha value is -2.51. The van der Waals surface area contributed by atoms with Crippen molar-refractivity contribution in [3.05, 3.63) is 74.2 Å². The third-order valence-corrected chi connectivity index (χ3v) is 5.89. The summed E-state index contributed by atoms with van der Waals surface area (Å²) < 4.78 is 0.462. The number of carbonyl (C=O) groups is 1. The highest BCUT2D eigenvalue weighted by Crippen LogP contribution is 2.40. The molecule has 0 spiro atoms. The second kappa shape index (κ2) is 7.01. The molecule has 1 aliphatic rings. The number of hydrogen-bond donors (Lipinski definition) is 0. The lowest BCUT2D eigenvalue weighted by Crippen LogP contribution is -2.28. The van der Waals surface area contributed by atoms with Crippen LogP contribution in [0.4, 0.5) is 11.4 Å². The highest BCUT2D eigenvalue weighted by molar-refractivity contribution is 8.27. The van der Waals surface area contributed by atoms with Gasteiger partial charge in [0.05, 0.1) is 15.5 Å². The van der Waals surface area contributed by atoms with E-state index in [0.29, 0.717) is 20.4 Å². The van der Waals surface area contributed by atoms with Gasteiger partial charge >= 0.3 is 0 Å². The van der Waals surface area contributed by atoms with E-state index >= 15 is 0 Å². The van der Waals surface area contributed by atoms with Crippen LogP contribution in [0.15, 0.2) is 47.4 Å². The topological polar surface area (TPSA) is 63.5 Å². The second-order valence-electron chi connectivity index (χ2n) is 5.99. The van der Waals surface area contributed by atoms with Crippen LogP contribution in [0.2, 0.25) is 0 Å². The average molecular weight is 384 g/mol. The molecule has 1 aliphatic heterocycles. The molecule has 5 nitrogen and oxygen atoms in total. The number of non-ortho nitro benzene ring substituents is 1. The molecule has 0 unspecified atom stereocenters. The minimum absolute atomic E-state index is 0.00754. The van der Waals surface area contributed by atoms with Crippen LogP contribution in [0.25, 0.3) is 5.57 Å². The fraction of sp³-hybridized carbons (Fsp3) is 0.158. The normalized spacial score (nSPS) is 16.2. The van der Waals surface area contributed by atoms with Gasteiger partial charge in [0.15, 0.2) is 4.32 Å². The first-order valence-electron chi connectivity index (χ1n) is 7.89. The van der Waals surface area contributed by atoms with Gasteiger partial charge in [-0.3, -0.25) is 19.8 Å². The third kappa shape index (κ3) is 3.15. The van der Waals surface area contributed by atoms with E-state index in [9.17, 15) is 14.9 Å². The van der Waals surface area contributed by atoms with Crippen LogP contribution in [-0.4, -0.2) is 15.2 Å². The van der Waals surface area contributed by atoms with Crippen LogP contribution in [0.5, 0.6) is 0 Å². The first-order valence-corrected chi connectivity index (χ1v) is 9.12. The molecule has 0 atom stereocenters. The van der Waals surface area contributed by atoms with E-state index in [0.717, 1.165) is 16.8 Å². The highest BCUT2D eigenvalue weighted by atomic mass is 32.2. The number of carbonyl (C=O) groups excluding carboxylic acids is 1. The third-order valence-electron chi connectivity index (χ3n) is 4.42. The van der Waals surface area contributed by atoms with Gasteiger partial charge < -0.3 is 0 Å². The molecular weight excluding hydrogens is 368 g/mol. The molecule has 3 rings (SSSR count). The molecule has 2 aromatic carbocycles. The summed E-state index contributed by atoms with van der Waals surface area (Å²) >= 11 is 6.67. The summed E-state index contributed by atoms with van der Waals surface area (Å²) in [5.41, 5.74) is 4.16. The fourth-order valence-electron chi connectivity index (χ4n) is 2.77. The van der Waals surface area contributed by atoms with Crippen LogP contribution >= 0.6 is 24.0 Å². The van der Waals surface area contributed by atoms with E-state index in [4.69, 9.17) is 12.2 Å². The largest absolute Gasteiger partial charge is 0.271 e.